The molecule has 0 heterocycles. The Hall–Kier alpha value is -1.59. The minimum atomic E-state index is -0.762. The van der Waals surface area contributed by atoms with Crippen molar-refractivity contribution in [3.63, 3.8) is 0 Å². The van der Waals surface area contributed by atoms with Crippen molar-refractivity contribution in [2.24, 2.45) is 11.8 Å². The zero-order chi connectivity index (χ0) is 46.8. The predicted octanol–water partition coefficient (Wildman–Crippen LogP) is 18.9. The lowest BCUT2D eigenvalue weighted by atomic mass is 10.0. The van der Waals surface area contributed by atoms with Crippen LogP contribution in [0.4, 0.5) is 0 Å². The van der Waals surface area contributed by atoms with Gasteiger partial charge in [0.1, 0.15) is 13.2 Å². The van der Waals surface area contributed by atoms with Gasteiger partial charge in [0, 0.05) is 19.3 Å². The maximum atomic E-state index is 12.9. The maximum Gasteiger partial charge on any atom is 0.306 e. The maximum absolute atomic E-state index is 12.9. The molecule has 380 valence electrons. The molecular formula is C58H112O6. The number of ether oxygens (including phenoxy) is 3. The fraction of sp³-hybridized carbons (Fsp3) is 0.948. The summed E-state index contributed by atoms with van der Waals surface area (Å²) in [5, 5.41) is 0. The third-order valence-electron chi connectivity index (χ3n) is 13.2. The number of hydrogen-bond acceptors (Lipinski definition) is 6. The van der Waals surface area contributed by atoms with Crippen LogP contribution < -0.4 is 0 Å². The summed E-state index contributed by atoms with van der Waals surface area (Å²) < 4.78 is 16.9. The summed E-state index contributed by atoms with van der Waals surface area (Å²) in [6, 6.07) is 0. The van der Waals surface area contributed by atoms with E-state index < -0.39 is 6.10 Å². The van der Waals surface area contributed by atoms with Gasteiger partial charge in [0.2, 0.25) is 0 Å². The molecule has 0 radical (unpaired) electrons. The lowest BCUT2D eigenvalue weighted by molar-refractivity contribution is -0.167. The zero-order valence-corrected chi connectivity index (χ0v) is 43.9. The summed E-state index contributed by atoms with van der Waals surface area (Å²) in [7, 11) is 0. The quantitative estimate of drug-likeness (QED) is 0.0344. The van der Waals surface area contributed by atoms with E-state index in [1.54, 1.807) is 0 Å². The Labute approximate surface area is 399 Å². The molecule has 0 aromatic carbocycles. The van der Waals surface area contributed by atoms with Crippen LogP contribution in [0.15, 0.2) is 0 Å². The highest BCUT2D eigenvalue weighted by Crippen LogP contribution is 2.18. The molecule has 6 heteroatoms. The average molecular weight is 906 g/mol. The molecule has 6 nitrogen and oxygen atoms in total. The van der Waals surface area contributed by atoms with Crippen LogP contribution in [0.25, 0.3) is 0 Å². The molecule has 0 bridgehead atoms. The summed E-state index contributed by atoms with van der Waals surface area (Å²) in [6.45, 7) is 11.4. The van der Waals surface area contributed by atoms with E-state index in [9.17, 15) is 14.4 Å². The fourth-order valence-electron chi connectivity index (χ4n) is 8.87. The molecule has 1 atom stereocenters. The molecule has 0 saturated carbocycles. The Balaban J connectivity index is 4.28. The molecular weight excluding hydrogens is 793 g/mol. The number of hydrogen-bond donors (Lipinski definition) is 0. The van der Waals surface area contributed by atoms with E-state index in [1.807, 2.05) is 0 Å². The summed E-state index contributed by atoms with van der Waals surface area (Å²) in [5.41, 5.74) is 0. The highest BCUT2D eigenvalue weighted by atomic mass is 16.6. The summed E-state index contributed by atoms with van der Waals surface area (Å²) in [5.74, 6) is 0.830. The lowest BCUT2D eigenvalue weighted by Crippen LogP contribution is -2.30. The normalized spacial score (nSPS) is 12.0. The molecule has 0 fully saturated rings. The highest BCUT2D eigenvalue weighted by Gasteiger charge is 2.19. The molecule has 0 aromatic rings. The smallest absolute Gasteiger partial charge is 0.306 e. The first-order chi connectivity index (χ1) is 31.2. The standard InChI is InChI=1S/C58H112O6/c1-6-7-8-9-10-11-12-13-19-22-28-33-38-43-48-56(59)62-51-55(52-63-57(60)49-44-39-34-29-25-24-27-32-37-42-47-54(4)5)64-58(61)50-45-40-35-30-23-20-17-15-14-16-18-21-26-31-36-41-46-53(2)3/h53-55H,6-52H2,1-5H3/t55-/m0/s1. The fourth-order valence-corrected chi connectivity index (χ4v) is 8.87. The topological polar surface area (TPSA) is 78.9 Å². The van der Waals surface area contributed by atoms with Gasteiger partial charge < -0.3 is 14.2 Å². The van der Waals surface area contributed by atoms with Gasteiger partial charge in [0.15, 0.2) is 6.10 Å². The van der Waals surface area contributed by atoms with Crippen LogP contribution >= 0.6 is 0 Å². The first-order valence-electron chi connectivity index (χ1n) is 28.7. The molecule has 0 aliphatic rings. The van der Waals surface area contributed by atoms with Crippen molar-refractivity contribution in [1.29, 1.82) is 0 Å². The van der Waals surface area contributed by atoms with Crippen LogP contribution in [0.2, 0.25) is 0 Å². The highest BCUT2D eigenvalue weighted by molar-refractivity contribution is 5.71. The van der Waals surface area contributed by atoms with E-state index >= 15 is 0 Å². The van der Waals surface area contributed by atoms with Crippen LogP contribution in [0, 0.1) is 11.8 Å². The lowest BCUT2D eigenvalue weighted by Gasteiger charge is -2.18. The van der Waals surface area contributed by atoms with E-state index in [0.717, 1.165) is 69.6 Å². The van der Waals surface area contributed by atoms with E-state index in [0.29, 0.717) is 19.3 Å². The SMILES string of the molecule is CCCCCCCCCCCCCCCCC(=O)OC[C@@H](COC(=O)CCCCCCCCCCCCC(C)C)OC(=O)CCCCCCCCCCCCCCCCCCC(C)C. The Kier molecular flexibility index (Phi) is 49.6. The van der Waals surface area contributed by atoms with Gasteiger partial charge in [-0.1, -0.05) is 285 Å². The average Bonchev–Trinajstić information content (AvgIpc) is 3.27. The van der Waals surface area contributed by atoms with Crippen molar-refractivity contribution in [3.05, 3.63) is 0 Å². The van der Waals surface area contributed by atoms with Crippen LogP contribution in [0.5, 0.6) is 0 Å². The molecule has 0 aliphatic carbocycles. The van der Waals surface area contributed by atoms with E-state index in [4.69, 9.17) is 14.2 Å². The first-order valence-corrected chi connectivity index (χ1v) is 28.7. The number of esters is 3. The van der Waals surface area contributed by atoms with Crippen LogP contribution in [0.3, 0.4) is 0 Å². The summed E-state index contributed by atoms with van der Waals surface area (Å²) in [6.07, 6.45) is 53.8. The van der Waals surface area contributed by atoms with Gasteiger partial charge >= 0.3 is 17.9 Å². The Morgan fingerprint density at radius 3 is 0.766 bits per heavy atom. The van der Waals surface area contributed by atoms with Gasteiger partial charge in [-0.2, -0.15) is 0 Å². The van der Waals surface area contributed by atoms with E-state index in [-0.39, 0.29) is 31.1 Å². The van der Waals surface area contributed by atoms with Crippen LogP contribution in [-0.2, 0) is 28.6 Å². The molecule has 0 amide bonds. The van der Waals surface area contributed by atoms with Crippen molar-refractivity contribution in [2.45, 2.75) is 330 Å². The van der Waals surface area contributed by atoms with Crippen molar-refractivity contribution < 1.29 is 28.6 Å². The largest absolute Gasteiger partial charge is 0.462 e. The zero-order valence-electron chi connectivity index (χ0n) is 43.9. The van der Waals surface area contributed by atoms with Gasteiger partial charge in [-0.15, -0.1) is 0 Å². The second kappa shape index (κ2) is 50.8. The van der Waals surface area contributed by atoms with Gasteiger partial charge in [0.25, 0.3) is 0 Å². The molecule has 0 rings (SSSR count). The van der Waals surface area contributed by atoms with Crippen molar-refractivity contribution >= 4 is 17.9 Å². The molecule has 0 spiro atoms. The number of unbranched alkanes of at least 4 members (excludes halogenated alkanes) is 37. The third-order valence-corrected chi connectivity index (χ3v) is 13.2. The monoisotopic (exact) mass is 905 g/mol. The van der Waals surface area contributed by atoms with Crippen molar-refractivity contribution in [1.82, 2.24) is 0 Å². The Bertz CT molecular complexity index is 978. The van der Waals surface area contributed by atoms with E-state index in [1.165, 1.54) is 212 Å². The van der Waals surface area contributed by atoms with Crippen molar-refractivity contribution in [2.75, 3.05) is 13.2 Å². The predicted molar refractivity (Wildman–Crippen MR) is 275 cm³/mol. The molecule has 0 N–H and O–H groups in total. The number of rotatable bonds is 52. The van der Waals surface area contributed by atoms with Crippen LogP contribution in [-0.4, -0.2) is 37.2 Å². The number of carbonyl (C=O) groups excluding carboxylic acids is 3. The first kappa shape index (κ1) is 62.4. The minimum Gasteiger partial charge on any atom is -0.462 e. The third kappa shape index (κ3) is 51.4. The second-order valence-electron chi connectivity index (χ2n) is 20.9. The molecule has 64 heavy (non-hydrogen) atoms. The molecule has 0 aromatic heterocycles. The van der Waals surface area contributed by atoms with Gasteiger partial charge in [-0.25, -0.2) is 0 Å². The van der Waals surface area contributed by atoms with Gasteiger partial charge in [0.05, 0.1) is 0 Å². The molecule has 0 aliphatic heterocycles. The van der Waals surface area contributed by atoms with Gasteiger partial charge in [-0.3, -0.25) is 14.4 Å². The molecule has 0 unspecified atom stereocenters. The summed E-state index contributed by atoms with van der Waals surface area (Å²) >= 11 is 0. The van der Waals surface area contributed by atoms with Crippen LogP contribution in [0.1, 0.15) is 324 Å². The molecule has 0 saturated heterocycles. The second-order valence-corrected chi connectivity index (χ2v) is 20.9. The van der Waals surface area contributed by atoms with E-state index in [2.05, 4.69) is 34.6 Å². The Morgan fingerprint density at radius 2 is 0.516 bits per heavy atom. The number of carbonyl (C=O) groups is 3. The van der Waals surface area contributed by atoms with Crippen molar-refractivity contribution in [3.8, 4) is 0 Å². The van der Waals surface area contributed by atoms with Gasteiger partial charge in [-0.05, 0) is 31.1 Å². The summed E-state index contributed by atoms with van der Waals surface area (Å²) in [4.78, 5) is 38.1. The minimum absolute atomic E-state index is 0.0627. The Morgan fingerprint density at radius 1 is 0.297 bits per heavy atom.